The summed E-state index contributed by atoms with van der Waals surface area (Å²) in [6, 6.07) is 5.84. The molecule has 0 heterocycles. The van der Waals surface area contributed by atoms with Gasteiger partial charge >= 0.3 is 0 Å². The fraction of sp³-hybridized carbons (Fsp3) is 0.462. The Morgan fingerprint density at radius 2 is 2.35 bits per heavy atom. The molecule has 0 radical (unpaired) electrons. The molecule has 1 unspecified atom stereocenters. The fourth-order valence-corrected chi connectivity index (χ4v) is 1.84. The third-order valence-electron chi connectivity index (χ3n) is 2.65. The molecule has 0 aliphatic carbocycles. The summed E-state index contributed by atoms with van der Waals surface area (Å²) in [6.07, 6.45) is 0.766. The van der Waals surface area contributed by atoms with Crippen molar-refractivity contribution >= 4 is 17.3 Å². The smallest absolute Gasteiger partial charge is 0.288 e. The van der Waals surface area contributed by atoms with Crippen LogP contribution < -0.4 is 5.32 Å². The van der Waals surface area contributed by atoms with Gasteiger partial charge in [-0.25, -0.2) is 0 Å². The van der Waals surface area contributed by atoms with Crippen molar-refractivity contribution in [2.45, 2.75) is 19.4 Å². The first-order valence-corrected chi connectivity index (χ1v) is 6.62. The molecule has 108 valence electrons. The van der Waals surface area contributed by atoms with E-state index in [2.05, 4.69) is 11.4 Å². The van der Waals surface area contributed by atoms with E-state index >= 15 is 0 Å². The van der Waals surface area contributed by atoms with Gasteiger partial charge < -0.3 is 4.74 Å². The number of benzene rings is 1. The number of nitrogens with one attached hydrogen (secondary N) is 1. The van der Waals surface area contributed by atoms with Gasteiger partial charge in [-0.3, -0.25) is 15.4 Å². The first-order chi connectivity index (χ1) is 9.60. The van der Waals surface area contributed by atoms with E-state index in [0.717, 1.165) is 6.42 Å². The maximum absolute atomic E-state index is 10.8. The van der Waals surface area contributed by atoms with Crippen molar-refractivity contribution in [2.75, 3.05) is 19.8 Å². The summed E-state index contributed by atoms with van der Waals surface area (Å²) in [5, 5.41) is 23.0. The highest BCUT2D eigenvalue weighted by Crippen LogP contribution is 2.27. The van der Waals surface area contributed by atoms with Crippen LogP contribution in [0.4, 0.5) is 5.69 Å². The number of hydrogen-bond donors (Lipinski definition) is 1. The average Bonchev–Trinajstić information content (AvgIpc) is 2.43. The van der Waals surface area contributed by atoms with Crippen LogP contribution in [-0.2, 0) is 4.74 Å². The van der Waals surface area contributed by atoms with Gasteiger partial charge in [-0.2, -0.15) is 5.26 Å². The van der Waals surface area contributed by atoms with E-state index in [1.54, 1.807) is 6.07 Å². The number of ether oxygens (including phenoxy) is 1. The van der Waals surface area contributed by atoms with E-state index in [1.807, 2.05) is 6.92 Å². The van der Waals surface area contributed by atoms with Crippen LogP contribution in [0.25, 0.3) is 0 Å². The van der Waals surface area contributed by atoms with Gasteiger partial charge in [0.2, 0.25) is 0 Å². The van der Waals surface area contributed by atoms with E-state index in [0.29, 0.717) is 25.3 Å². The maximum atomic E-state index is 10.8. The lowest BCUT2D eigenvalue weighted by Crippen LogP contribution is -2.22. The Hall–Kier alpha value is -1.68. The lowest BCUT2D eigenvalue weighted by Gasteiger charge is -2.12. The van der Waals surface area contributed by atoms with Crippen molar-refractivity contribution in [1.29, 1.82) is 5.26 Å². The van der Waals surface area contributed by atoms with Crippen LogP contribution in [0.1, 0.15) is 24.9 Å². The second-order valence-corrected chi connectivity index (χ2v) is 4.44. The Labute approximate surface area is 122 Å². The lowest BCUT2D eigenvalue weighted by molar-refractivity contribution is -0.384. The van der Waals surface area contributed by atoms with Crippen molar-refractivity contribution in [2.24, 2.45) is 0 Å². The van der Waals surface area contributed by atoms with Gasteiger partial charge in [0.05, 0.1) is 11.0 Å². The third kappa shape index (κ3) is 4.78. The van der Waals surface area contributed by atoms with Crippen LogP contribution in [0.2, 0.25) is 5.02 Å². The first kappa shape index (κ1) is 16.4. The lowest BCUT2D eigenvalue weighted by atomic mass is 10.1. The predicted octanol–water partition coefficient (Wildman–Crippen LogP) is 2.83. The van der Waals surface area contributed by atoms with Crippen molar-refractivity contribution in [3.63, 3.8) is 0 Å². The highest BCUT2D eigenvalue weighted by atomic mass is 35.5. The zero-order valence-corrected chi connectivity index (χ0v) is 11.9. The van der Waals surface area contributed by atoms with Gasteiger partial charge in [0.1, 0.15) is 11.1 Å². The standard InChI is InChI=1S/C13H16ClN3O3/c1-2-20-7-3-6-16-12(9-15)10-4-5-11(14)13(8-10)17(18)19/h4-5,8,12,16H,2-3,6-7H2,1H3. The summed E-state index contributed by atoms with van der Waals surface area (Å²) < 4.78 is 5.19. The number of nitro benzene ring substituents is 1. The number of nitro groups is 1. The zero-order valence-electron chi connectivity index (χ0n) is 11.1. The molecule has 0 aromatic heterocycles. The molecule has 0 amide bonds. The molecule has 0 fully saturated rings. The van der Waals surface area contributed by atoms with Crippen LogP contribution >= 0.6 is 11.6 Å². The normalized spacial score (nSPS) is 11.8. The molecular weight excluding hydrogens is 282 g/mol. The Morgan fingerprint density at radius 3 is 2.95 bits per heavy atom. The van der Waals surface area contributed by atoms with E-state index in [4.69, 9.17) is 21.6 Å². The Kier molecular flexibility index (Phi) is 6.94. The van der Waals surface area contributed by atoms with Crippen molar-refractivity contribution in [1.82, 2.24) is 5.32 Å². The molecule has 0 spiro atoms. The molecule has 1 atom stereocenters. The van der Waals surface area contributed by atoms with Gasteiger partial charge in [-0.05, 0) is 31.5 Å². The highest BCUT2D eigenvalue weighted by Gasteiger charge is 2.17. The number of hydrogen-bond acceptors (Lipinski definition) is 5. The molecule has 0 saturated heterocycles. The topological polar surface area (TPSA) is 88.2 Å². The van der Waals surface area contributed by atoms with Gasteiger partial charge in [0.25, 0.3) is 5.69 Å². The van der Waals surface area contributed by atoms with E-state index < -0.39 is 11.0 Å². The second kappa shape index (κ2) is 8.48. The summed E-state index contributed by atoms with van der Waals surface area (Å²) in [5.74, 6) is 0. The van der Waals surface area contributed by atoms with E-state index in [1.165, 1.54) is 12.1 Å². The minimum absolute atomic E-state index is 0.0618. The maximum Gasteiger partial charge on any atom is 0.288 e. The highest BCUT2D eigenvalue weighted by molar-refractivity contribution is 6.32. The van der Waals surface area contributed by atoms with Crippen LogP contribution in [-0.4, -0.2) is 24.7 Å². The van der Waals surface area contributed by atoms with Crippen LogP contribution in [0.15, 0.2) is 18.2 Å². The number of halogens is 1. The number of rotatable bonds is 8. The molecule has 7 heteroatoms. The van der Waals surface area contributed by atoms with Gasteiger partial charge in [-0.1, -0.05) is 17.7 Å². The molecule has 1 rings (SSSR count). The van der Waals surface area contributed by atoms with Crippen molar-refractivity contribution in [3.8, 4) is 6.07 Å². The fourth-order valence-electron chi connectivity index (χ4n) is 1.65. The summed E-state index contributed by atoms with van der Waals surface area (Å²) in [6.45, 7) is 3.78. The summed E-state index contributed by atoms with van der Waals surface area (Å²) >= 11 is 5.74. The summed E-state index contributed by atoms with van der Waals surface area (Å²) in [5.41, 5.74) is 0.334. The van der Waals surface area contributed by atoms with Gasteiger partial charge in [0.15, 0.2) is 0 Å². The van der Waals surface area contributed by atoms with E-state index in [-0.39, 0.29) is 10.7 Å². The summed E-state index contributed by atoms with van der Waals surface area (Å²) in [7, 11) is 0. The zero-order chi connectivity index (χ0) is 15.0. The largest absolute Gasteiger partial charge is 0.382 e. The quantitative estimate of drug-likeness (QED) is 0.453. The third-order valence-corrected chi connectivity index (χ3v) is 2.97. The van der Waals surface area contributed by atoms with Crippen LogP contribution in [0.3, 0.4) is 0 Å². The summed E-state index contributed by atoms with van der Waals surface area (Å²) in [4.78, 5) is 10.3. The monoisotopic (exact) mass is 297 g/mol. The number of nitriles is 1. The van der Waals surface area contributed by atoms with Crippen LogP contribution in [0, 0.1) is 21.4 Å². The Morgan fingerprint density at radius 1 is 1.60 bits per heavy atom. The Bertz CT molecular complexity index is 502. The van der Waals surface area contributed by atoms with Gasteiger partial charge in [-0.15, -0.1) is 0 Å². The minimum atomic E-state index is -0.604. The Balaban J connectivity index is 2.68. The second-order valence-electron chi connectivity index (χ2n) is 4.03. The SMILES string of the molecule is CCOCCCNC(C#N)c1ccc(Cl)c([N+](=O)[O-])c1. The molecule has 0 aliphatic heterocycles. The average molecular weight is 298 g/mol. The molecule has 0 aliphatic rings. The molecule has 0 saturated carbocycles. The molecule has 1 N–H and O–H groups in total. The van der Waals surface area contributed by atoms with Crippen molar-refractivity contribution < 1.29 is 9.66 Å². The minimum Gasteiger partial charge on any atom is -0.382 e. The molecule has 1 aromatic carbocycles. The van der Waals surface area contributed by atoms with Gasteiger partial charge in [0, 0.05) is 19.3 Å². The first-order valence-electron chi connectivity index (χ1n) is 6.24. The van der Waals surface area contributed by atoms with Crippen LogP contribution in [0.5, 0.6) is 0 Å². The predicted molar refractivity (Wildman–Crippen MR) is 75.6 cm³/mol. The number of nitrogens with zero attached hydrogens (tertiary/aromatic N) is 2. The molecule has 6 nitrogen and oxygen atoms in total. The molecule has 1 aromatic rings. The molecule has 20 heavy (non-hydrogen) atoms. The van der Waals surface area contributed by atoms with E-state index in [9.17, 15) is 10.1 Å². The van der Waals surface area contributed by atoms with Crippen molar-refractivity contribution in [3.05, 3.63) is 38.9 Å². The molecule has 0 bridgehead atoms. The molecular formula is C13H16ClN3O3.